The summed E-state index contributed by atoms with van der Waals surface area (Å²) in [7, 11) is 3.83. The summed E-state index contributed by atoms with van der Waals surface area (Å²) < 4.78 is 0. The lowest BCUT2D eigenvalue weighted by molar-refractivity contribution is -0.125. The average Bonchev–Trinajstić information content (AvgIpc) is 2.41. The molecule has 0 spiro atoms. The van der Waals surface area contributed by atoms with Gasteiger partial charge in [0.2, 0.25) is 5.91 Å². The maximum absolute atomic E-state index is 12.4. The van der Waals surface area contributed by atoms with E-state index in [9.17, 15) is 4.79 Å². The Morgan fingerprint density at radius 2 is 2.05 bits per heavy atom. The molecule has 1 amide bonds. The second kappa shape index (κ2) is 6.52. The standard InChI is InChI=1S/C14H24N4O/c1-5-14(6-2,10-15)13(19)17-11-7-8-16-12(9-11)18(3)4/h7-9H,5-6,10,15H2,1-4H3,(H,16,17,19). The summed E-state index contributed by atoms with van der Waals surface area (Å²) in [6.45, 7) is 4.35. The zero-order chi connectivity index (χ0) is 14.5. The maximum atomic E-state index is 12.4. The lowest BCUT2D eigenvalue weighted by atomic mass is 9.81. The molecule has 106 valence electrons. The highest BCUT2D eigenvalue weighted by molar-refractivity contribution is 5.95. The van der Waals surface area contributed by atoms with Gasteiger partial charge in [-0.05, 0) is 18.9 Å². The number of nitrogens with one attached hydrogen (secondary N) is 1. The number of nitrogens with zero attached hydrogens (tertiary/aromatic N) is 2. The third-order valence-electron chi connectivity index (χ3n) is 3.69. The molecular weight excluding hydrogens is 240 g/mol. The van der Waals surface area contributed by atoms with Crippen molar-refractivity contribution in [3.8, 4) is 0 Å². The van der Waals surface area contributed by atoms with Crippen molar-refractivity contribution in [2.24, 2.45) is 11.1 Å². The summed E-state index contributed by atoms with van der Waals surface area (Å²) in [5.74, 6) is 0.792. The van der Waals surface area contributed by atoms with E-state index in [1.807, 2.05) is 38.9 Å². The summed E-state index contributed by atoms with van der Waals surface area (Å²) in [4.78, 5) is 18.5. The molecular formula is C14H24N4O. The van der Waals surface area contributed by atoms with Gasteiger partial charge in [-0.1, -0.05) is 13.8 Å². The first-order valence-electron chi connectivity index (χ1n) is 6.64. The number of rotatable bonds is 6. The van der Waals surface area contributed by atoms with Crippen molar-refractivity contribution in [2.75, 3.05) is 30.9 Å². The molecule has 0 atom stereocenters. The van der Waals surface area contributed by atoms with Crippen LogP contribution in [-0.2, 0) is 4.79 Å². The van der Waals surface area contributed by atoms with Gasteiger partial charge in [-0.2, -0.15) is 0 Å². The summed E-state index contributed by atoms with van der Waals surface area (Å²) in [6, 6.07) is 3.64. The van der Waals surface area contributed by atoms with E-state index in [0.717, 1.165) is 24.3 Å². The average molecular weight is 264 g/mol. The number of aromatic nitrogens is 1. The van der Waals surface area contributed by atoms with Gasteiger partial charge in [-0.15, -0.1) is 0 Å². The van der Waals surface area contributed by atoms with Crippen molar-refractivity contribution in [3.63, 3.8) is 0 Å². The Kier molecular flexibility index (Phi) is 5.30. The number of carbonyl (C=O) groups is 1. The molecule has 0 saturated carbocycles. The third kappa shape index (κ3) is 3.44. The molecule has 1 aromatic rings. The first-order valence-corrected chi connectivity index (χ1v) is 6.64. The van der Waals surface area contributed by atoms with E-state index in [1.165, 1.54) is 0 Å². The zero-order valence-corrected chi connectivity index (χ0v) is 12.2. The summed E-state index contributed by atoms with van der Waals surface area (Å²) in [5.41, 5.74) is 6.05. The molecule has 0 radical (unpaired) electrons. The van der Waals surface area contributed by atoms with E-state index >= 15 is 0 Å². The van der Waals surface area contributed by atoms with Crippen LogP contribution in [0.15, 0.2) is 18.3 Å². The predicted molar refractivity (Wildman–Crippen MR) is 79.3 cm³/mol. The van der Waals surface area contributed by atoms with Crippen LogP contribution in [0.4, 0.5) is 11.5 Å². The Balaban J connectivity index is 2.90. The summed E-state index contributed by atoms with van der Waals surface area (Å²) in [5, 5.41) is 2.95. The minimum Gasteiger partial charge on any atom is -0.363 e. The van der Waals surface area contributed by atoms with Crippen molar-refractivity contribution >= 4 is 17.4 Å². The fourth-order valence-electron chi connectivity index (χ4n) is 1.96. The van der Waals surface area contributed by atoms with Gasteiger partial charge in [0.1, 0.15) is 5.82 Å². The number of amides is 1. The predicted octanol–water partition coefficient (Wildman–Crippen LogP) is 1.85. The van der Waals surface area contributed by atoms with Gasteiger partial charge in [-0.25, -0.2) is 4.98 Å². The summed E-state index contributed by atoms with van der Waals surface area (Å²) >= 11 is 0. The number of carbonyl (C=O) groups excluding carboxylic acids is 1. The third-order valence-corrected chi connectivity index (χ3v) is 3.69. The van der Waals surface area contributed by atoms with Crippen LogP contribution >= 0.6 is 0 Å². The lowest BCUT2D eigenvalue weighted by Crippen LogP contribution is -2.41. The number of anilines is 2. The Morgan fingerprint density at radius 3 is 2.53 bits per heavy atom. The fraction of sp³-hybridized carbons (Fsp3) is 0.571. The monoisotopic (exact) mass is 264 g/mol. The minimum atomic E-state index is -0.485. The molecule has 1 heterocycles. The molecule has 0 bridgehead atoms. The summed E-state index contributed by atoms with van der Waals surface area (Å²) in [6.07, 6.45) is 3.15. The highest BCUT2D eigenvalue weighted by Crippen LogP contribution is 2.27. The van der Waals surface area contributed by atoms with Gasteiger partial charge in [0.25, 0.3) is 0 Å². The van der Waals surface area contributed by atoms with Crippen LogP contribution in [0.1, 0.15) is 26.7 Å². The second-order valence-electron chi connectivity index (χ2n) is 4.94. The van der Waals surface area contributed by atoms with Crippen molar-refractivity contribution in [2.45, 2.75) is 26.7 Å². The largest absolute Gasteiger partial charge is 0.363 e. The van der Waals surface area contributed by atoms with E-state index in [2.05, 4.69) is 10.3 Å². The molecule has 0 aliphatic heterocycles. The van der Waals surface area contributed by atoms with E-state index < -0.39 is 5.41 Å². The van der Waals surface area contributed by atoms with Gasteiger partial charge in [-0.3, -0.25) is 4.79 Å². The van der Waals surface area contributed by atoms with E-state index in [4.69, 9.17) is 5.73 Å². The quantitative estimate of drug-likeness (QED) is 0.822. The van der Waals surface area contributed by atoms with Gasteiger partial charge in [0.15, 0.2) is 0 Å². The van der Waals surface area contributed by atoms with E-state index in [0.29, 0.717) is 6.54 Å². The molecule has 1 aromatic heterocycles. The second-order valence-corrected chi connectivity index (χ2v) is 4.94. The molecule has 0 saturated heterocycles. The molecule has 0 unspecified atom stereocenters. The first-order chi connectivity index (χ1) is 8.99. The molecule has 1 rings (SSSR count). The molecule has 0 aromatic carbocycles. The smallest absolute Gasteiger partial charge is 0.231 e. The van der Waals surface area contributed by atoms with Gasteiger partial charge >= 0.3 is 0 Å². The highest BCUT2D eigenvalue weighted by atomic mass is 16.2. The fourth-order valence-corrected chi connectivity index (χ4v) is 1.96. The molecule has 0 aliphatic carbocycles. The maximum Gasteiger partial charge on any atom is 0.231 e. The number of pyridine rings is 1. The highest BCUT2D eigenvalue weighted by Gasteiger charge is 2.33. The van der Waals surface area contributed by atoms with Crippen LogP contribution in [0, 0.1) is 5.41 Å². The van der Waals surface area contributed by atoms with Gasteiger partial charge in [0.05, 0.1) is 5.41 Å². The number of hydrogen-bond acceptors (Lipinski definition) is 4. The van der Waals surface area contributed by atoms with E-state index in [-0.39, 0.29) is 5.91 Å². The topological polar surface area (TPSA) is 71.2 Å². The van der Waals surface area contributed by atoms with Crippen molar-refractivity contribution in [1.29, 1.82) is 0 Å². The van der Waals surface area contributed by atoms with Crippen LogP contribution in [-0.4, -0.2) is 31.5 Å². The van der Waals surface area contributed by atoms with Crippen LogP contribution in [0.2, 0.25) is 0 Å². The Morgan fingerprint density at radius 1 is 1.42 bits per heavy atom. The molecule has 19 heavy (non-hydrogen) atoms. The van der Waals surface area contributed by atoms with Gasteiger partial charge in [0, 0.05) is 38.6 Å². The van der Waals surface area contributed by atoms with Crippen LogP contribution < -0.4 is 16.0 Å². The van der Waals surface area contributed by atoms with Crippen molar-refractivity contribution < 1.29 is 4.79 Å². The Labute approximate surface area is 115 Å². The Bertz CT molecular complexity index is 419. The Hall–Kier alpha value is -1.62. The zero-order valence-electron chi connectivity index (χ0n) is 12.2. The molecule has 0 aliphatic rings. The molecule has 5 nitrogen and oxygen atoms in total. The van der Waals surface area contributed by atoms with Crippen LogP contribution in [0.25, 0.3) is 0 Å². The first kappa shape index (κ1) is 15.4. The molecule has 0 fully saturated rings. The van der Waals surface area contributed by atoms with Crippen molar-refractivity contribution in [1.82, 2.24) is 4.98 Å². The number of hydrogen-bond donors (Lipinski definition) is 2. The molecule has 3 N–H and O–H groups in total. The van der Waals surface area contributed by atoms with Crippen molar-refractivity contribution in [3.05, 3.63) is 18.3 Å². The molecule has 5 heteroatoms. The van der Waals surface area contributed by atoms with E-state index in [1.54, 1.807) is 12.3 Å². The lowest BCUT2D eigenvalue weighted by Gasteiger charge is -2.28. The normalized spacial score (nSPS) is 11.2. The van der Waals surface area contributed by atoms with Gasteiger partial charge < -0.3 is 16.0 Å². The van der Waals surface area contributed by atoms with Crippen LogP contribution in [0.5, 0.6) is 0 Å². The SMILES string of the molecule is CCC(CC)(CN)C(=O)Nc1ccnc(N(C)C)c1. The van der Waals surface area contributed by atoms with Crippen LogP contribution in [0.3, 0.4) is 0 Å². The minimum absolute atomic E-state index is 0.0177. The number of nitrogens with two attached hydrogens (primary N) is 1.